The van der Waals surface area contributed by atoms with Crippen LogP contribution in [0.4, 0.5) is 4.79 Å². The van der Waals surface area contributed by atoms with Crippen molar-refractivity contribution in [3.8, 4) is 0 Å². The molecule has 1 aliphatic rings. The molecule has 1 rings (SSSR count). The van der Waals surface area contributed by atoms with Crippen molar-refractivity contribution >= 4 is 12.3 Å². The molecule has 0 atom stereocenters. The van der Waals surface area contributed by atoms with E-state index in [1.165, 1.54) is 7.11 Å². The van der Waals surface area contributed by atoms with E-state index in [0.717, 1.165) is 12.0 Å². The molecule has 0 aliphatic carbocycles. The van der Waals surface area contributed by atoms with Gasteiger partial charge in [0.1, 0.15) is 7.11 Å². The van der Waals surface area contributed by atoms with E-state index in [1.807, 2.05) is 19.9 Å². The van der Waals surface area contributed by atoms with Gasteiger partial charge in [-0.3, -0.25) is 0 Å². The summed E-state index contributed by atoms with van der Waals surface area (Å²) in [5, 5.41) is 3.68. The lowest BCUT2D eigenvalue weighted by molar-refractivity contribution is 0.0791. The summed E-state index contributed by atoms with van der Waals surface area (Å²) in [5.74, 6) is 0. The average molecular weight is 226 g/mol. The van der Waals surface area contributed by atoms with Crippen LogP contribution < -0.4 is 0 Å². The average Bonchev–Trinajstić information content (AvgIpc) is 2.26. The highest BCUT2D eigenvalue weighted by Gasteiger charge is 2.19. The van der Waals surface area contributed by atoms with E-state index >= 15 is 0 Å². The lowest BCUT2D eigenvalue weighted by Crippen LogP contribution is -2.37. The Labute approximate surface area is 95.7 Å². The Bertz CT molecular complexity index is 298. The zero-order valence-electron chi connectivity index (χ0n) is 9.97. The van der Waals surface area contributed by atoms with E-state index in [0.29, 0.717) is 13.1 Å². The molecular weight excluding hydrogens is 208 g/mol. The van der Waals surface area contributed by atoms with Gasteiger partial charge < -0.3 is 14.5 Å². The molecule has 1 aliphatic heterocycles. The molecule has 0 saturated carbocycles. The van der Waals surface area contributed by atoms with Gasteiger partial charge in [0.25, 0.3) is 0 Å². The molecule has 1 heterocycles. The van der Waals surface area contributed by atoms with Crippen LogP contribution >= 0.6 is 0 Å². The Morgan fingerprint density at radius 1 is 1.62 bits per heavy atom. The van der Waals surface area contributed by atoms with Gasteiger partial charge in [-0.2, -0.15) is 0 Å². The van der Waals surface area contributed by atoms with Crippen LogP contribution in [-0.2, 0) is 9.57 Å². The molecule has 5 nitrogen and oxygen atoms in total. The van der Waals surface area contributed by atoms with E-state index in [9.17, 15) is 4.79 Å². The lowest BCUT2D eigenvalue weighted by atomic mass is 10.1. The van der Waals surface area contributed by atoms with Crippen molar-refractivity contribution in [3.05, 3.63) is 11.6 Å². The highest BCUT2D eigenvalue weighted by Crippen LogP contribution is 2.10. The highest BCUT2D eigenvalue weighted by atomic mass is 16.6. The van der Waals surface area contributed by atoms with Crippen LogP contribution in [0.15, 0.2) is 16.8 Å². The van der Waals surface area contributed by atoms with Gasteiger partial charge >= 0.3 is 6.09 Å². The van der Waals surface area contributed by atoms with Crippen LogP contribution in [-0.4, -0.2) is 43.5 Å². The maximum absolute atomic E-state index is 11.6. The Morgan fingerprint density at radius 2 is 2.38 bits per heavy atom. The molecule has 0 saturated heterocycles. The van der Waals surface area contributed by atoms with E-state index in [2.05, 4.69) is 9.99 Å². The molecule has 90 valence electrons. The van der Waals surface area contributed by atoms with Gasteiger partial charge in [0.15, 0.2) is 0 Å². The summed E-state index contributed by atoms with van der Waals surface area (Å²) >= 11 is 0. The molecule has 5 heteroatoms. The van der Waals surface area contributed by atoms with Crippen molar-refractivity contribution in [2.45, 2.75) is 26.4 Å². The molecule has 0 aromatic rings. The molecule has 0 bridgehead atoms. The minimum Gasteiger partial charge on any atom is -0.447 e. The summed E-state index contributed by atoms with van der Waals surface area (Å²) in [6, 6.07) is 0. The normalized spacial score (nSPS) is 16.5. The molecule has 0 fully saturated rings. The highest BCUT2D eigenvalue weighted by molar-refractivity contribution is 5.80. The van der Waals surface area contributed by atoms with Gasteiger partial charge in [0.2, 0.25) is 0 Å². The third-order valence-corrected chi connectivity index (χ3v) is 2.10. The van der Waals surface area contributed by atoms with Crippen molar-refractivity contribution < 1.29 is 14.4 Å². The number of carbonyl (C=O) groups excluding carboxylic acids is 1. The number of amides is 1. The van der Waals surface area contributed by atoms with Gasteiger partial charge in [-0.1, -0.05) is 11.2 Å². The number of ether oxygens (including phenoxy) is 1. The predicted octanol–water partition coefficient (Wildman–Crippen LogP) is 1.80. The number of nitrogens with zero attached hydrogens (tertiary/aromatic N) is 2. The largest absolute Gasteiger partial charge is 0.447 e. The van der Waals surface area contributed by atoms with Gasteiger partial charge in [-0.25, -0.2) is 4.79 Å². The molecule has 0 aromatic carbocycles. The smallest absolute Gasteiger partial charge is 0.410 e. The number of carbonyl (C=O) groups is 1. The van der Waals surface area contributed by atoms with Gasteiger partial charge in [0.05, 0.1) is 18.9 Å². The van der Waals surface area contributed by atoms with Crippen LogP contribution in [0.3, 0.4) is 0 Å². The second kappa shape index (κ2) is 6.15. The van der Waals surface area contributed by atoms with Crippen LogP contribution in [0.5, 0.6) is 0 Å². The molecule has 0 radical (unpaired) electrons. The van der Waals surface area contributed by atoms with Gasteiger partial charge in [-0.15, -0.1) is 0 Å². The fourth-order valence-corrected chi connectivity index (χ4v) is 1.42. The first kappa shape index (κ1) is 12.5. The SMILES string of the molecule is CON=CC1=CCCN(C(=O)OC(C)C)C1. The Kier molecular flexibility index (Phi) is 4.82. The number of rotatable bonds is 3. The standard InChI is InChI=1S/C11H18N2O3/c1-9(2)16-11(14)13-6-4-5-10(8-13)7-12-15-3/h5,7,9H,4,6,8H2,1-3H3. The monoisotopic (exact) mass is 226 g/mol. The Morgan fingerprint density at radius 3 is 3.00 bits per heavy atom. The van der Waals surface area contributed by atoms with Crippen molar-refractivity contribution in [2.24, 2.45) is 5.16 Å². The third-order valence-electron chi connectivity index (χ3n) is 2.10. The molecule has 0 N–H and O–H groups in total. The van der Waals surface area contributed by atoms with Crippen LogP contribution in [0.1, 0.15) is 20.3 Å². The quantitative estimate of drug-likeness (QED) is 0.544. The molecule has 0 unspecified atom stereocenters. The summed E-state index contributed by atoms with van der Waals surface area (Å²) in [6.45, 7) is 4.89. The summed E-state index contributed by atoms with van der Waals surface area (Å²) in [6.07, 6.45) is 4.12. The van der Waals surface area contributed by atoms with E-state index < -0.39 is 0 Å². The summed E-state index contributed by atoms with van der Waals surface area (Å²) in [7, 11) is 1.49. The van der Waals surface area contributed by atoms with Crippen molar-refractivity contribution in [3.63, 3.8) is 0 Å². The van der Waals surface area contributed by atoms with E-state index in [4.69, 9.17) is 4.74 Å². The molecule has 0 aromatic heterocycles. The summed E-state index contributed by atoms with van der Waals surface area (Å²) in [4.78, 5) is 17.9. The molecule has 0 spiro atoms. The van der Waals surface area contributed by atoms with Crippen LogP contribution in [0, 0.1) is 0 Å². The molecule has 16 heavy (non-hydrogen) atoms. The fraction of sp³-hybridized carbons (Fsp3) is 0.636. The van der Waals surface area contributed by atoms with Gasteiger partial charge in [0, 0.05) is 6.54 Å². The van der Waals surface area contributed by atoms with E-state index in [-0.39, 0.29) is 12.2 Å². The van der Waals surface area contributed by atoms with Crippen LogP contribution in [0.2, 0.25) is 0 Å². The fourth-order valence-electron chi connectivity index (χ4n) is 1.42. The number of oxime groups is 1. The number of hydrogen-bond acceptors (Lipinski definition) is 4. The number of hydrogen-bond donors (Lipinski definition) is 0. The molecule has 1 amide bonds. The topological polar surface area (TPSA) is 51.1 Å². The van der Waals surface area contributed by atoms with E-state index in [1.54, 1.807) is 11.1 Å². The summed E-state index contributed by atoms with van der Waals surface area (Å²) in [5.41, 5.74) is 0.966. The maximum Gasteiger partial charge on any atom is 0.410 e. The Hall–Kier alpha value is -1.52. The first-order valence-electron chi connectivity index (χ1n) is 5.34. The second-order valence-corrected chi connectivity index (χ2v) is 3.84. The van der Waals surface area contributed by atoms with Crippen molar-refractivity contribution in [2.75, 3.05) is 20.2 Å². The lowest BCUT2D eigenvalue weighted by Gasteiger charge is -2.26. The zero-order chi connectivity index (χ0) is 12.0. The third kappa shape index (κ3) is 3.92. The predicted molar refractivity (Wildman–Crippen MR) is 61.4 cm³/mol. The first-order chi connectivity index (χ1) is 7.63. The minimum absolute atomic E-state index is 0.0884. The Balaban J connectivity index is 2.51. The van der Waals surface area contributed by atoms with Crippen molar-refractivity contribution in [1.29, 1.82) is 0 Å². The summed E-state index contributed by atoms with van der Waals surface area (Å²) < 4.78 is 5.13. The van der Waals surface area contributed by atoms with Gasteiger partial charge in [-0.05, 0) is 25.8 Å². The van der Waals surface area contributed by atoms with Crippen molar-refractivity contribution in [1.82, 2.24) is 4.90 Å². The first-order valence-corrected chi connectivity index (χ1v) is 5.34. The zero-order valence-corrected chi connectivity index (χ0v) is 9.97. The maximum atomic E-state index is 11.6. The van der Waals surface area contributed by atoms with Crippen LogP contribution in [0.25, 0.3) is 0 Å². The minimum atomic E-state index is -0.272. The second-order valence-electron chi connectivity index (χ2n) is 3.84. The molecular formula is C11H18N2O3.